The van der Waals surface area contributed by atoms with Gasteiger partial charge in [-0.1, -0.05) is 217 Å². The van der Waals surface area contributed by atoms with E-state index in [0.717, 1.165) is 85.9 Å². The number of pyridine rings is 3. The van der Waals surface area contributed by atoms with Crippen LogP contribution in [0.2, 0.25) is 0 Å². The molecule has 1 aliphatic carbocycles. The number of para-hydroxylation sites is 2. The molecule has 4 aromatic heterocycles. The molecule has 0 saturated heterocycles. The first-order valence-corrected chi connectivity index (χ1v) is 28.1. The third-order valence-corrected chi connectivity index (χ3v) is 16.8. The van der Waals surface area contributed by atoms with Gasteiger partial charge in [0.25, 0.3) is 0 Å². The molecule has 12 aromatic rings. The van der Waals surface area contributed by atoms with E-state index in [2.05, 4.69) is 254 Å². The van der Waals surface area contributed by atoms with Crippen LogP contribution >= 0.6 is 0 Å². The molecule has 4 nitrogen and oxygen atoms in total. The molecule has 2 atom stereocenters. The second-order valence-electron chi connectivity index (χ2n) is 23.9. The van der Waals surface area contributed by atoms with Gasteiger partial charge in [-0.15, -0.1) is 0 Å². The first-order valence-electron chi connectivity index (χ1n) is 28.1. The lowest BCUT2D eigenvalue weighted by atomic mass is 9.66. The van der Waals surface area contributed by atoms with E-state index >= 15 is 0 Å². The molecule has 13 rings (SSSR count). The van der Waals surface area contributed by atoms with Gasteiger partial charge in [0.1, 0.15) is 11.2 Å². The van der Waals surface area contributed by atoms with Gasteiger partial charge in [0, 0.05) is 39.9 Å². The van der Waals surface area contributed by atoms with Crippen LogP contribution in [0.5, 0.6) is 0 Å². The molecule has 2 unspecified atom stereocenters. The van der Waals surface area contributed by atoms with E-state index in [1.807, 2.05) is 18.5 Å². The molecule has 0 aliphatic heterocycles. The topological polar surface area (TPSA) is 51.8 Å². The van der Waals surface area contributed by atoms with Gasteiger partial charge < -0.3 is 4.42 Å². The summed E-state index contributed by atoms with van der Waals surface area (Å²) in [6.07, 6.45) is 7.01. The molecule has 0 amide bonds. The minimum Gasteiger partial charge on any atom is -0.455 e. The van der Waals surface area contributed by atoms with Crippen molar-refractivity contribution < 1.29 is 4.42 Å². The lowest BCUT2D eigenvalue weighted by Gasteiger charge is -2.38. The van der Waals surface area contributed by atoms with Crippen LogP contribution in [-0.4, -0.2) is 15.0 Å². The first-order chi connectivity index (χ1) is 38.4. The molecular weight excluding hydrogens is 959 g/mol. The highest BCUT2D eigenvalue weighted by molar-refractivity contribution is 6.19. The second kappa shape index (κ2) is 20.2. The Labute approximate surface area is 464 Å². The predicted molar refractivity (Wildman–Crippen MR) is 330 cm³/mol. The van der Waals surface area contributed by atoms with Crippen molar-refractivity contribution in [1.82, 2.24) is 15.0 Å². The Morgan fingerprint density at radius 3 is 1.22 bits per heavy atom. The zero-order valence-electron chi connectivity index (χ0n) is 46.0. The van der Waals surface area contributed by atoms with Crippen LogP contribution in [0.1, 0.15) is 106 Å². The normalized spacial score (nSPS) is 15.9. The zero-order chi connectivity index (χ0) is 53.8. The Morgan fingerprint density at radius 2 is 0.759 bits per heavy atom. The molecule has 386 valence electrons. The van der Waals surface area contributed by atoms with Crippen LogP contribution in [0.15, 0.2) is 235 Å². The summed E-state index contributed by atoms with van der Waals surface area (Å²) in [5.41, 5.74) is 23.4. The Morgan fingerprint density at radius 1 is 0.380 bits per heavy atom. The van der Waals surface area contributed by atoms with Crippen molar-refractivity contribution in [3.63, 3.8) is 0 Å². The smallest absolute Gasteiger partial charge is 0.147 e. The highest BCUT2D eigenvalue weighted by Gasteiger charge is 2.35. The van der Waals surface area contributed by atoms with Crippen molar-refractivity contribution in [2.75, 3.05) is 0 Å². The number of aromatic nitrogens is 3. The van der Waals surface area contributed by atoms with Crippen LogP contribution in [0.4, 0.5) is 0 Å². The van der Waals surface area contributed by atoms with Gasteiger partial charge in [0.05, 0.1) is 28.0 Å². The van der Waals surface area contributed by atoms with E-state index in [0.29, 0.717) is 11.8 Å². The molecule has 4 heterocycles. The fourth-order valence-electron chi connectivity index (χ4n) is 12.6. The largest absolute Gasteiger partial charge is 0.455 e. The molecule has 1 saturated carbocycles. The van der Waals surface area contributed by atoms with Crippen LogP contribution in [-0.2, 0) is 10.8 Å². The second-order valence-corrected chi connectivity index (χ2v) is 23.9. The van der Waals surface area contributed by atoms with Crippen LogP contribution in [0.25, 0.3) is 100.0 Å². The van der Waals surface area contributed by atoms with E-state index in [-0.39, 0.29) is 16.7 Å². The summed E-state index contributed by atoms with van der Waals surface area (Å²) in [7, 11) is 0. The summed E-state index contributed by atoms with van der Waals surface area (Å²) in [6.45, 7) is 13.6. The number of hydrogen-bond acceptors (Lipinski definition) is 4. The van der Waals surface area contributed by atoms with Crippen molar-refractivity contribution in [1.29, 1.82) is 0 Å². The Balaban J connectivity index is 0.883. The molecule has 0 spiro atoms. The minimum atomic E-state index is 0.0415. The average Bonchev–Trinajstić information content (AvgIpc) is 4.05. The van der Waals surface area contributed by atoms with Crippen molar-refractivity contribution in [3.8, 4) is 67.2 Å². The van der Waals surface area contributed by atoms with Crippen LogP contribution < -0.4 is 0 Å². The quantitative estimate of drug-likeness (QED) is 0.145. The highest BCUT2D eigenvalue weighted by Crippen LogP contribution is 2.53. The number of nitrogens with zero attached hydrogens (tertiary/aromatic N) is 3. The van der Waals surface area contributed by atoms with Gasteiger partial charge in [-0.05, 0) is 152 Å². The maximum atomic E-state index is 6.57. The summed E-state index contributed by atoms with van der Waals surface area (Å²) in [5, 5.41) is 3.16. The standard InChI is InChI=1S/C75H65N3O/c1-74(2,3)57-39-41-76-68(46-57)51-33-27-48(28-34-51)59-17-7-10-20-62(59)54-43-55(63-21-11-8-18-60(63)49-29-35-52(36-30-49)69-47-58(40-42-77-69)75(4,5)6)45-56(44-54)64-22-12-9-19-61(64)50-31-37-53(38-32-50)72-71-66-24-14-16-26-70(66)79-73(71)65-23-13-15-25-67(65)78-72/h7-42,46-47,54-56H,43-45H2,1-6H3. The predicted octanol–water partition coefficient (Wildman–Crippen LogP) is 20.4. The van der Waals surface area contributed by atoms with Crippen molar-refractivity contribution >= 4 is 32.8 Å². The fraction of sp³-hybridized carbons (Fsp3) is 0.187. The summed E-state index contributed by atoms with van der Waals surface area (Å²) < 4.78 is 6.57. The van der Waals surface area contributed by atoms with Gasteiger partial charge in [-0.2, -0.15) is 0 Å². The molecule has 0 N–H and O–H groups in total. The van der Waals surface area contributed by atoms with Crippen molar-refractivity contribution in [2.45, 2.75) is 89.4 Å². The Bertz CT molecular complexity index is 4040. The molecule has 1 aliphatic rings. The molecule has 4 heteroatoms. The summed E-state index contributed by atoms with van der Waals surface area (Å²) >= 11 is 0. The van der Waals surface area contributed by atoms with Gasteiger partial charge >= 0.3 is 0 Å². The minimum absolute atomic E-state index is 0.0415. The molecular formula is C75H65N3O. The van der Waals surface area contributed by atoms with E-state index in [1.54, 1.807) is 0 Å². The highest BCUT2D eigenvalue weighted by atomic mass is 16.3. The lowest BCUT2D eigenvalue weighted by molar-refractivity contribution is 0.353. The van der Waals surface area contributed by atoms with Crippen molar-refractivity contribution in [3.05, 3.63) is 259 Å². The average molecular weight is 1020 g/mol. The SMILES string of the molecule is CC(C)(C)c1ccnc(-c2ccc(-c3ccccc3C3CC(c4ccccc4-c4ccc(-c5cc(C(C)(C)C)ccn5)cc4)CC(c4ccccc4-c4ccc(-c5nc6ccccc6c6oc7ccccc7c56)cc4)C3)cc2)c1. The lowest BCUT2D eigenvalue weighted by Crippen LogP contribution is -2.21. The Kier molecular flexibility index (Phi) is 12.8. The van der Waals surface area contributed by atoms with Gasteiger partial charge in [0.15, 0.2) is 0 Å². The van der Waals surface area contributed by atoms with E-state index in [1.165, 1.54) is 61.2 Å². The van der Waals surface area contributed by atoms with Crippen LogP contribution in [0, 0.1) is 0 Å². The zero-order valence-corrected chi connectivity index (χ0v) is 46.0. The molecule has 0 bridgehead atoms. The summed E-state index contributed by atoms with van der Waals surface area (Å²) in [6, 6.07) is 80.3. The van der Waals surface area contributed by atoms with Gasteiger partial charge in [-0.25, -0.2) is 4.98 Å². The van der Waals surface area contributed by atoms with Gasteiger partial charge in [-0.3, -0.25) is 9.97 Å². The molecule has 79 heavy (non-hydrogen) atoms. The van der Waals surface area contributed by atoms with Crippen LogP contribution in [0.3, 0.4) is 0 Å². The first kappa shape index (κ1) is 49.8. The Hall–Kier alpha value is -8.73. The van der Waals surface area contributed by atoms with Gasteiger partial charge in [0.2, 0.25) is 0 Å². The number of rotatable bonds is 9. The molecule has 1 fully saturated rings. The maximum Gasteiger partial charge on any atom is 0.147 e. The third kappa shape index (κ3) is 9.65. The fourth-order valence-corrected chi connectivity index (χ4v) is 12.6. The third-order valence-electron chi connectivity index (χ3n) is 16.8. The maximum absolute atomic E-state index is 6.57. The monoisotopic (exact) mass is 1020 g/mol. The van der Waals surface area contributed by atoms with Crippen molar-refractivity contribution in [2.24, 2.45) is 0 Å². The van der Waals surface area contributed by atoms with E-state index < -0.39 is 0 Å². The number of benzene rings is 8. The summed E-state index contributed by atoms with van der Waals surface area (Å²) in [4.78, 5) is 14.9. The molecule has 0 radical (unpaired) electrons. The molecule has 8 aromatic carbocycles. The number of hydrogen-bond donors (Lipinski definition) is 0. The number of fused-ring (bicyclic) bond motifs is 5. The van der Waals surface area contributed by atoms with E-state index in [9.17, 15) is 0 Å². The summed E-state index contributed by atoms with van der Waals surface area (Å²) in [5.74, 6) is 0.873. The number of furan rings is 1. The van der Waals surface area contributed by atoms with E-state index in [4.69, 9.17) is 19.4 Å².